The number of nitrogens with one attached hydrogen (secondary N) is 3. The van der Waals surface area contributed by atoms with E-state index in [1.54, 1.807) is 0 Å². The summed E-state index contributed by atoms with van der Waals surface area (Å²) >= 11 is 0. The van der Waals surface area contributed by atoms with E-state index in [4.69, 9.17) is 0 Å². The van der Waals surface area contributed by atoms with Crippen molar-refractivity contribution in [3.05, 3.63) is 35.4 Å². The highest BCUT2D eigenvalue weighted by atomic mass is 16.2. The van der Waals surface area contributed by atoms with Gasteiger partial charge in [0.05, 0.1) is 6.04 Å². The molecule has 0 unspecified atom stereocenters. The summed E-state index contributed by atoms with van der Waals surface area (Å²) in [6.45, 7) is 4.79. The lowest BCUT2D eigenvalue weighted by atomic mass is 9.92. The van der Waals surface area contributed by atoms with Crippen LogP contribution in [0.5, 0.6) is 0 Å². The van der Waals surface area contributed by atoms with Gasteiger partial charge in [-0.15, -0.1) is 0 Å². The summed E-state index contributed by atoms with van der Waals surface area (Å²) in [7, 11) is 0. The maximum absolute atomic E-state index is 12.9. The van der Waals surface area contributed by atoms with Gasteiger partial charge in [-0.25, -0.2) is 0 Å². The molecule has 1 aromatic rings. The molecule has 0 bridgehead atoms. The smallest absolute Gasteiger partial charge is 0.243 e. The zero-order chi connectivity index (χ0) is 19.2. The quantitative estimate of drug-likeness (QED) is 0.720. The molecule has 0 aromatic heterocycles. The van der Waals surface area contributed by atoms with Gasteiger partial charge < -0.3 is 16.0 Å². The highest BCUT2D eigenvalue weighted by molar-refractivity contribution is 5.90. The van der Waals surface area contributed by atoms with E-state index in [1.165, 1.54) is 30.4 Å². The van der Waals surface area contributed by atoms with Gasteiger partial charge in [-0.1, -0.05) is 63.8 Å². The molecular formula is C22H33N3O2. The van der Waals surface area contributed by atoms with Gasteiger partial charge >= 0.3 is 0 Å². The number of amides is 2. The van der Waals surface area contributed by atoms with Gasteiger partial charge in [0.2, 0.25) is 11.8 Å². The van der Waals surface area contributed by atoms with Gasteiger partial charge in [0.25, 0.3) is 0 Å². The van der Waals surface area contributed by atoms with Crippen molar-refractivity contribution in [3.8, 4) is 0 Å². The van der Waals surface area contributed by atoms with Gasteiger partial charge in [-0.05, 0) is 36.3 Å². The van der Waals surface area contributed by atoms with Crippen molar-refractivity contribution in [2.45, 2.75) is 83.5 Å². The van der Waals surface area contributed by atoms with Crippen LogP contribution in [0.15, 0.2) is 24.3 Å². The van der Waals surface area contributed by atoms with Crippen LogP contribution in [-0.4, -0.2) is 29.9 Å². The second kappa shape index (κ2) is 9.36. The Balaban J connectivity index is 1.61. The van der Waals surface area contributed by atoms with Gasteiger partial charge in [0.1, 0.15) is 6.04 Å². The Bertz CT molecular complexity index is 655. The van der Waals surface area contributed by atoms with E-state index in [2.05, 4.69) is 35.0 Å². The van der Waals surface area contributed by atoms with Gasteiger partial charge in [0, 0.05) is 12.6 Å². The van der Waals surface area contributed by atoms with Crippen LogP contribution in [0.1, 0.15) is 63.5 Å². The minimum atomic E-state index is -0.469. The molecule has 5 nitrogen and oxygen atoms in total. The van der Waals surface area contributed by atoms with Crippen molar-refractivity contribution < 1.29 is 9.59 Å². The highest BCUT2D eigenvalue weighted by Crippen LogP contribution is 2.19. The minimum Gasteiger partial charge on any atom is -0.352 e. The summed E-state index contributed by atoms with van der Waals surface area (Å²) in [5, 5.41) is 9.54. The van der Waals surface area contributed by atoms with Crippen molar-refractivity contribution in [1.29, 1.82) is 0 Å². The van der Waals surface area contributed by atoms with Crippen molar-refractivity contribution in [3.63, 3.8) is 0 Å². The van der Waals surface area contributed by atoms with Crippen LogP contribution in [0, 0.1) is 5.92 Å². The van der Waals surface area contributed by atoms with E-state index in [1.807, 2.05) is 19.1 Å². The zero-order valence-electron chi connectivity index (χ0n) is 16.6. The fourth-order valence-corrected chi connectivity index (χ4v) is 4.13. The second-order valence-corrected chi connectivity index (χ2v) is 8.12. The first-order valence-electron chi connectivity index (χ1n) is 10.5. The zero-order valence-corrected chi connectivity index (χ0v) is 16.6. The summed E-state index contributed by atoms with van der Waals surface area (Å²) in [6.07, 6.45) is 7.23. The van der Waals surface area contributed by atoms with Crippen LogP contribution in [0.25, 0.3) is 0 Å². The number of benzene rings is 1. The maximum atomic E-state index is 12.9. The Morgan fingerprint density at radius 3 is 2.56 bits per heavy atom. The third-order valence-electron chi connectivity index (χ3n) is 6.14. The minimum absolute atomic E-state index is 0.0270. The summed E-state index contributed by atoms with van der Waals surface area (Å²) in [4.78, 5) is 25.8. The summed E-state index contributed by atoms with van der Waals surface area (Å²) < 4.78 is 0. The van der Waals surface area contributed by atoms with E-state index < -0.39 is 6.04 Å². The predicted octanol–water partition coefficient (Wildman–Crippen LogP) is 2.68. The Labute approximate surface area is 162 Å². The van der Waals surface area contributed by atoms with Crippen molar-refractivity contribution in [2.24, 2.45) is 5.92 Å². The molecule has 0 spiro atoms. The largest absolute Gasteiger partial charge is 0.352 e. The number of fused-ring (bicyclic) bond motifs is 1. The third-order valence-corrected chi connectivity index (χ3v) is 6.14. The summed E-state index contributed by atoms with van der Waals surface area (Å²) in [5.41, 5.74) is 2.46. The standard InChI is InChI=1S/C22H33N3O2/c1-3-15(2)20(22(27)24-18-11-5-4-6-12-18)25-21(26)19-13-16-9-7-8-10-17(16)14-23-19/h7-10,15,18-20,23H,3-6,11-14H2,1-2H3,(H,24,27)(H,25,26)/t15-,19+,20+/m0/s1. The van der Waals surface area contributed by atoms with Gasteiger partial charge in [0.15, 0.2) is 0 Å². The Hall–Kier alpha value is -1.88. The Morgan fingerprint density at radius 2 is 1.85 bits per heavy atom. The molecular weight excluding hydrogens is 338 g/mol. The first-order valence-corrected chi connectivity index (χ1v) is 10.5. The Morgan fingerprint density at radius 1 is 1.15 bits per heavy atom. The summed E-state index contributed by atoms with van der Waals surface area (Å²) in [5.74, 6) is 0.00261. The average molecular weight is 372 g/mol. The fraction of sp³-hybridized carbons (Fsp3) is 0.636. The highest BCUT2D eigenvalue weighted by Gasteiger charge is 2.31. The third kappa shape index (κ3) is 5.10. The van der Waals surface area contributed by atoms with E-state index >= 15 is 0 Å². The summed E-state index contributed by atoms with van der Waals surface area (Å²) in [6, 6.07) is 7.72. The molecule has 1 saturated carbocycles. The monoisotopic (exact) mass is 371 g/mol. The molecule has 2 aliphatic rings. The van der Waals surface area contributed by atoms with E-state index in [-0.39, 0.29) is 29.8 Å². The van der Waals surface area contributed by atoms with E-state index in [9.17, 15) is 9.59 Å². The van der Waals surface area contributed by atoms with Crippen molar-refractivity contribution in [2.75, 3.05) is 0 Å². The topological polar surface area (TPSA) is 70.2 Å². The lowest BCUT2D eigenvalue weighted by Gasteiger charge is -2.31. The second-order valence-electron chi connectivity index (χ2n) is 8.12. The molecule has 0 saturated heterocycles. The molecule has 1 aliphatic heterocycles. The molecule has 27 heavy (non-hydrogen) atoms. The molecule has 3 rings (SSSR count). The van der Waals surface area contributed by atoms with Crippen LogP contribution in [0.3, 0.4) is 0 Å². The molecule has 1 heterocycles. The predicted molar refractivity (Wildman–Crippen MR) is 107 cm³/mol. The molecule has 3 N–H and O–H groups in total. The van der Waals surface area contributed by atoms with E-state index in [0.29, 0.717) is 13.0 Å². The number of rotatable bonds is 6. The molecule has 1 fully saturated rings. The van der Waals surface area contributed by atoms with Crippen molar-refractivity contribution >= 4 is 11.8 Å². The maximum Gasteiger partial charge on any atom is 0.243 e. The van der Waals surface area contributed by atoms with Gasteiger partial charge in [-0.3, -0.25) is 9.59 Å². The average Bonchev–Trinajstić information content (AvgIpc) is 2.71. The number of hydrogen-bond donors (Lipinski definition) is 3. The first-order chi connectivity index (χ1) is 13.1. The molecule has 1 aromatic carbocycles. The molecule has 0 radical (unpaired) electrons. The number of carbonyl (C=O) groups excluding carboxylic acids is 2. The Kier molecular flexibility index (Phi) is 6.89. The normalized spacial score (nSPS) is 22.4. The molecule has 1 aliphatic carbocycles. The van der Waals surface area contributed by atoms with E-state index in [0.717, 1.165) is 19.3 Å². The van der Waals surface area contributed by atoms with Crippen LogP contribution in [0.2, 0.25) is 0 Å². The lowest BCUT2D eigenvalue weighted by molar-refractivity contribution is -0.131. The number of hydrogen-bond acceptors (Lipinski definition) is 3. The van der Waals surface area contributed by atoms with Crippen LogP contribution in [-0.2, 0) is 22.6 Å². The number of carbonyl (C=O) groups is 2. The van der Waals surface area contributed by atoms with Crippen LogP contribution >= 0.6 is 0 Å². The first kappa shape index (κ1) is 19.9. The molecule has 2 amide bonds. The van der Waals surface area contributed by atoms with Crippen LogP contribution < -0.4 is 16.0 Å². The molecule has 3 atom stereocenters. The molecule has 5 heteroatoms. The molecule has 148 valence electrons. The lowest BCUT2D eigenvalue weighted by Crippen LogP contribution is -2.57. The van der Waals surface area contributed by atoms with Crippen molar-refractivity contribution in [1.82, 2.24) is 16.0 Å². The SMILES string of the molecule is CC[C@H](C)[C@@H](NC(=O)[C@H]1Cc2ccccc2CN1)C(=O)NC1CCCCC1. The van der Waals surface area contributed by atoms with Crippen LogP contribution in [0.4, 0.5) is 0 Å². The fourth-order valence-electron chi connectivity index (χ4n) is 4.13. The van der Waals surface area contributed by atoms with Gasteiger partial charge in [-0.2, -0.15) is 0 Å².